The minimum Gasteiger partial charge on any atom is -0.490 e. The largest absolute Gasteiger partial charge is 0.490 e. The number of aryl methyl sites for hydroxylation is 1. The van der Waals surface area contributed by atoms with Crippen molar-refractivity contribution in [3.8, 4) is 11.8 Å². The minimum atomic E-state index is -0.176. The van der Waals surface area contributed by atoms with Gasteiger partial charge in [-0.3, -0.25) is 4.79 Å². The summed E-state index contributed by atoms with van der Waals surface area (Å²) in [5.74, 6) is 2.65. The number of nitriles is 1. The molecule has 2 aromatic rings. The number of carbonyl (C=O) groups excluding carboxylic acids is 1. The molecular weight excluding hydrogens is 504 g/mol. The van der Waals surface area contributed by atoms with Crippen molar-refractivity contribution < 1.29 is 14.6 Å². The summed E-state index contributed by atoms with van der Waals surface area (Å²) >= 11 is 0. The van der Waals surface area contributed by atoms with Gasteiger partial charge in [0, 0.05) is 38.8 Å². The van der Waals surface area contributed by atoms with E-state index in [1.165, 1.54) is 0 Å². The van der Waals surface area contributed by atoms with E-state index in [0.29, 0.717) is 23.1 Å². The number of aliphatic hydroxyl groups excluding tert-OH is 1. The van der Waals surface area contributed by atoms with Crippen molar-refractivity contribution in [1.29, 1.82) is 5.26 Å². The highest BCUT2D eigenvalue weighted by Crippen LogP contribution is 2.28. The number of aliphatic hydroxyl groups is 1. The van der Waals surface area contributed by atoms with E-state index in [9.17, 15) is 9.90 Å². The van der Waals surface area contributed by atoms with Gasteiger partial charge in [-0.05, 0) is 99.6 Å². The smallest absolute Gasteiger partial charge is 0.272 e. The summed E-state index contributed by atoms with van der Waals surface area (Å²) < 4.78 is 6.14. The lowest BCUT2D eigenvalue weighted by Gasteiger charge is -2.40. The average molecular weight is 547 g/mol. The number of hydrogen-bond acceptors (Lipinski definition) is 8. The first-order valence-corrected chi connectivity index (χ1v) is 14.9. The number of aromatic nitrogens is 2. The summed E-state index contributed by atoms with van der Waals surface area (Å²) in [4.78, 5) is 17.7. The van der Waals surface area contributed by atoms with Gasteiger partial charge in [0.15, 0.2) is 11.5 Å². The number of anilines is 1. The first-order chi connectivity index (χ1) is 19.4. The first-order valence-electron chi connectivity index (χ1n) is 14.9. The van der Waals surface area contributed by atoms with Crippen LogP contribution in [0.4, 0.5) is 5.82 Å². The van der Waals surface area contributed by atoms with Gasteiger partial charge >= 0.3 is 0 Å². The van der Waals surface area contributed by atoms with Gasteiger partial charge in [-0.15, -0.1) is 10.2 Å². The molecule has 1 amide bonds. The lowest BCUT2D eigenvalue weighted by molar-refractivity contribution is 0.0667. The molecule has 0 bridgehead atoms. The number of piperidine rings is 2. The average Bonchev–Trinajstić information content (AvgIpc) is 2.96. The number of ether oxygens (including phenoxy) is 1. The van der Waals surface area contributed by atoms with Crippen molar-refractivity contribution in [2.24, 2.45) is 11.8 Å². The van der Waals surface area contributed by atoms with Crippen molar-refractivity contribution in [2.75, 3.05) is 37.6 Å². The summed E-state index contributed by atoms with van der Waals surface area (Å²) in [7, 11) is 0. The van der Waals surface area contributed by atoms with Crippen molar-refractivity contribution >= 4 is 11.7 Å². The van der Waals surface area contributed by atoms with Crippen LogP contribution >= 0.6 is 0 Å². The van der Waals surface area contributed by atoms with Crippen LogP contribution in [0, 0.1) is 30.1 Å². The van der Waals surface area contributed by atoms with Gasteiger partial charge in [0.05, 0.1) is 23.8 Å². The summed E-state index contributed by atoms with van der Waals surface area (Å²) in [6.45, 7) is 9.22. The van der Waals surface area contributed by atoms with Crippen molar-refractivity contribution in [3.63, 3.8) is 0 Å². The van der Waals surface area contributed by atoms with Crippen molar-refractivity contribution in [3.05, 3.63) is 47.2 Å². The van der Waals surface area contributed by atoms with Gasteiger partial charge in [0.25, 0.3) is 5.91 Å². The summed E-state index contributed by atoms with van der Waals surface area (Å²) in [5.41, 5.74) is 1.94. The molecule has 2 atom stereocenters. The number of carbonyl (C=O) groups is 1. The zero-order valence-corrected chi connectivity index (χ0v) is 23.8. The van der Waals surface area contributed by atoms with Crippen LogP contribution in [0.5, 0.6) is 5.75 Å². The number of nitrogens with one attached hydrogen (secondary N) is 1. The monoisotopic (exact) mass is 546 g/mol. The number of rotatable bonds is 7. The first kappa shape index (κ1) is 28.3. The van der Waals surface area contributed by atoms with E-state index < -0.39 is 0 Å². The highest BCUT2D eigenvalue weighted by atomic mass is 16.5. The second-order valence-corrected chi connectivity index (χ2v) is 11.9. The normalized spacial score (nSPS) is 26.2. The van der Waals surface area contributed by atoms with Crippen LogP contribution in [0.1, 0.15) is 73.5 Å². The Bertz CT molecular complexity index is 1180. The fourth-order valence-electron chi connectivity index (χ4n) is 6.33. The molecular formula is C31H42N6O3. The van der Waals surface area contributed by atoms with E-state index >= 15 is 0 Å². The molecule has 0 spiro atoms. The molecule has 1 aromatic carbocycles. The number of hydrogen-bond donors (Lipinski definition) is 2. The lowest BCUT2D eigenvalue weighted by Crippen LogP contribution is -2.46. The van der Waals surface area contributed by atoms with Crippen molar-refractivity contribution in [2.45, 2.75) is 77.0 Å². The van der Waals surface area contributed by atoms with Crippen LogP contribution < -0.4 is 15.0 Å². The van der Waals surface area contributed by atoms with Gasteiger partial charge in [-0.2, -0.15) is 5.26 Å². The Labute approximate surface area is 237 Å². The molecule has 1 saturated carbocycles. The quantitative estimate of drug-likeness (QED) is 0.540. The molecule has 1 aliphatic carbocycles. The third-order valence-corrected chi connectivity index (χ3v) is 8.97. The second-order valence-electron chi connectivity index (χ2n) is 11.9. The number of benzene rings is 1. The van der Waals surface area contributed by atoms with E-state index in [1.807, 2.05) is 25.1 Å². The van der Waals surface area contributed by atoms with Crippen LogP contribution in [0.2, 0.25) is 0 Å². The topological polar surface area (TPSA) is 115 Å². The van der Waals surface area contributed by atoms with Gasteiger partial charge in [0.1, 0.15) is 5.75 Å². The Morgan fingerprint density at radius 1 is 1.07 bits per heavy atom. The van der Waals surface area contributed by atoms with E-state index in [0.717, 1.165) is 94.8 Å². The highest BCUT2D eigenvalue weighted by Gasteiger charge is 2.30. The number of amides is 1. The Hall–Kier alpha value is -3.22. The Balaban J connectivity index is 1.05. The maximum atomic E-state index is 12.9. The van der Waals surface area contributed by atoms with E-state index in [-0.39, 0.29) is 24.2 Å². The molecule has 40 heavy (non-hydrogen) atoms. The van der Waals surface area contributed by atoms with Crippen LogP contribution in [0.25, 0.3) is 0 Å². The SMILES string of the molecule is Cc1cc(OC2CCC(NC(=O)c3ccc(N4CCC(CN5CCC(O)CC5)C(C)C4)nn3)CC2)ccc1C#N. The molecule has 2 N–H and O–H groups in total. The molecule has 5 rings (SSSR count). The maximum Gasteiger partial charge on any atom is 0.272 e. The van der Waals surface area contributed by atoms with E-state index in [1.54, 1.807) is 12.1 Å². The lowest BCUT2D eigenvalue weighted by atomic mass is 9.86. The molecule has 3 heterocycles. The summed E-state index contributed by atoms with van der Waals surface area (Å²) in [6, 6.07) is 11.6. The molecule has 3 aliphatic rings. The summed E-state index contributed by atoms with van der Waals surface area (Å²) in [6.07, 6.45) is 6.30. The fraction of sp³-hybridized carbons (Fsp3) is 0.613. The van der Waals surface area contributed by atoms with E-state index in [2.05, 4.69) is 38.3 Å². The predicted molar refractivity (Wildman–Crippen MR) is 153 cm³/mol. The Morgan fingerprint density at radius 3 is 2.50 bits per heavy atom. The van der Waals surface area contributed by atoms with Gasteiger partial charge in [-0.1, -0.05) is 6.92 Å². The highest BCUT2D eigenvalue weighted by molar-refractivity contribution is 5.92. The van der Waals surface area contributed by atoms with Crippen molar-refractivity contribution in [1.82, 2.24) is 20.4 Å². The standard InChI is InChI=1S/C31H42N6O3/c1-21-17-28(6-3-23(21)18-32)40-27-7-4-25(5-8-27)33-31(39)29-9-10-30(35-34-29)37-16-11-24(22(2)19-37)20-36-14-12-26(38)13-15-36/h3,6,9-10,17,22,24-27,38H,4-5,7-8,11-16,19-20H2,1-2H3,(H,33,39). The molecule has 2 saturated heterocycles. The molecule has 3 fully saturated rings. The summed E-state index contributed by atoms with van der Waals surface area (Å²) in [5, 5.41) is 30.7. The van der Waals surface area contributed by atoms with Gasteiger partial charge in [-0.25, -0.2) is 0 Å². The van der Waals surface area contributed by atoms with Crippen LogP contribution in [-0.2, 0) is 0 Å². The zero-order chi connectivity index (χ0) is 28.1. The molecule has 214 valence electrons. The molecule has 9 heteroatoms. The third-order valence-electron chi connectivity index (χ3n) is 8.97. The molecule has 1 aromatic heterocycles. The Kier molecular flexibility index (Phi) is 9.18. The van der Waals surface area contributed by atoms with Gasteiger partial charge in [0.2, 0.25) is 0 Å². The minimum absolute atomic E-state index is 0.0968. The second kappa shape index (κ2) is 13.0. The van der Waals surface area contributed by atoms with E-state index in [4.69, 9.17) is 10.00 Å². The third kappa shape index (κ3) is 7.10. The fourth-order valence-corrected chi connectivity index (χ4v) is 6.33. The van der Waals surface area contributed by atoms with Crippen LogP contribution in [-0.4, -0.2) is 77.1 Å². The van der Waals surface area contributed by atoms with Crippen LogP contribution in [0.3, 0.4) is 0 Å². The molecule has 9 nitrogen and oxygen atoms in total. The number of likely N-dealkylation sites (tertiary alicyclic amines) is 1. The van der Waals surface area contributed by atoms with Crippen LogP contribution in [0.15, 0.2) is 30.3 Å². The van der Waals surface area contributed by atoms with Gasteiger partial charge < -0.3 is 25.0 Å². The molecule has 0 radical (unpaired) electrons. The number of nitrogens with zero attached hydrogens (tertiary/aromatic N) is 5. The molecule has 2 unspecified atom stereocenters. The maximum absolute atomic E-state index is 12.9. The Morgan fingerprint density at radius 2 is 1.85 bits per heavy atom. The molecule has 2 aliphatic heterocycles. The predicted octanol–water partition coefficient (Wildman–Crippen LogP) is 3.70. The zero-order valence-electron chi connectivity index (χ0n) is 23.8.